The monoisotopic (exact) mass is 315 g/mol. The molecular formula is C17H21N3O3. The molecule has 1 aliphatic carbocycles. The van der Waals surface area contributed by atoms with E-state index in [1.807, 2.05) is 18.2 Å². The number of para-hydroxylation sites is 1. The van der Waals surface area contributed by atoms with Crippen LogP contribution in [0.1, 0.15) is 38.5 Å². The lowest BCUT2D eigenvalue weighted by Crippen LogP contribution is -2.47. The molecule has 2 aliphatic rings. The van der Waals surface area contributed by atoms with Crippen LogP contribution in [0.4, 0.5) is 10.5 Å². The molecule has 1 saturated heterocycles. The Kier molecular flexibility index (Phi) is 4.32. The largest absolute Gasteiger partial charge is 0.325 e. The highest BCUT2D eigenvalue weighted by Gasteiger charge is 2.51. The van der Waals surface area contributed by atoms with Crippen LogP contribution in [0.5, 0.6) is 0 Å². The highest BCUT2D eigenvalue weighted by atomic mass is 16.2. The maximum absolute atomic E-state index is 12.7. The third-order valence-electron chi connectivity index (χ3n) is 4.56. The molecule has 0 atom stereocenters. The van der Waals surface area contributed by atoms with Gasteiger partial charge in [-0.1, -0.05) is 43.9 Å². The molecule has 1 heterocycles. The summed E-state index contributed by atoms with van der Waals surface area (Å²) in [6.45, 7) is -0.249. The molecule has 1 spiro atoms. The summed E-state index contributed by atoms with van der Waals surface area (Å²) < 4.78 is 0. The van der Waals surface area contributed by atoms with Gasteiger partial charge >= 0.3 is 6.03 Å². The van der Waals surface area contributed by atoms with Crippen LogP contribution >= 0.6 is 0 Å². The van der Waals surface area contributed by atoms with E-state index < -0.39 is 11.6 Å². The van der Waals surface area contributed by atoms with Crippen molar-refractivity contribution in [2.45, 2.75) is 44.1 Å². The first-order valence-corrected chi connectivity index (χ1v) is 8.10. The number of nitrogens with one attached hydrogen (secondary N) is 2. The summed E-state index contributed by atoms with van der Waals surface area (Å²) in [6.07, 6.45) is 5.34. The van der Waals surface area contributed by atoms with Crippen LogP contribution < -0.4 is 10.6 Å². The van der Waals surface area contributed by atoms with Gasteiger partial charge in [0.05, 0.1) is 0 Å². The molecule has 0 unspecified atom stereocenters. The van der Waals surface area contributed by atoms with Crippen molar-refractivity contribution >= 4 is 23.5 Å². The Morgan fingerprint density at radius 2 is 1.74 bits per heavy atom. The first-order chi connectivity index (χ1) is 11.1. The van der Waals surface area contributed by atoms with E-state index in [0.29, 0.717) is 18.5 Å². The first-order valence-electron chi connectivity index (χ1n) is 8.10. The third kappa shape index (κ3) is 3.21. The second kappa shape index (κ2) is 6.40. The van der Waals surface area contributed by atoms with Crippen LogP contribution in [0.25, 0.3) is 0 Å². The lowest BCUT2D eigenvalue weighted by atomic mass is 9.90. The van der Waals surface area contributed by atoms with Gasteiger partial charge in [-0.2, -0.15) is 0 Å². The minimum atomic E-state index is -0.791. The van der Waals surface area contributed by atoms with Gasteiger partial charge in [-0.05, 0) is 25.0 Å². The van der Waals surface area contributed by atoms with Crippen molar-refractivity contribution in [2.75, 3.05) is 11.9 Å². The van der Waals surface area contributed by atoms with E-state index in [1.54, 1.807) is 12.1 Å². The second-order valence-electron chi connectivity index (χ2n) is 6.23. The SMILES string of the molecule is O=C(CN1C(=O)NC2(CCCCCC2)C1=O)Nc1ccccc1. The van der Waals surface area contributed by atoms with Gasteiger partial charge in [0.1, 0.15) is 12.1 Å². The summed E-state index contributed by atoms with van der Waals surface area (Å²) in [4.78, 5) is 38.0. The van der Waals surface area contributed by atoms with Crippen LogP contribution in [0.15, 0.2) is 30.3 Å². The van der Waals surface area contributed by atoms with Crippen molar-refractivity contribution < 1.29 is 14.4 Å². The summed E-state index contributed by atoms with van der Waals surface area (Å²) in [5, 5.41) is 5.54. The predicted octanol–water partition coefficient (Wildman–Crippen LogP) is 2.27. The molecule has 1 aromatic carbocycles. The van der Waals surface area contributed by atoms with Crippen LogP contribution in [0.3, 0.4) is 0 Å². The van der Waals surface area contributed by atoms with Gasteiger partial charge in [-0.3, -0.25) is 14.5 Å². The van der Waals surface area contributed by atoms with E-state index in [2.05, 4.69) is 10.6 Å². The number of amides is 4. The minimum absolute atomic E-state index is 0.249. The number of anilines is 1. The van der Waals surface area contributed by atoms with Gasteiger partial charge in [0, 0.05) is 5.69 Å². The Morgan fingerprint density at radius 3 is 2.39 bits per heavy atom. The number of nitrogens with zero attached hydrogens (tertiary/aromatic N) is 1. The zero-order chi connectivity index (χ0) is 16.3. The number of carbonyl (C=O) groups is 3. The fourth-order valence-electron chi connectivity index (χ4n) is 3.36. The second-order valence-corrected chi connectivity index (χ2v) is 6.23. The van der Waals surface area contributed by atoms with Gasteiger partial charge in [0.2, 0.25) is 5.91 Å². The van der Waals surface area contributed by atoms with Crippen molar-refractivity contribution in [2.24, 2.45) is 0 Å². The number of hydrogen-bond donors (Lipinski definition) is 2. The third-order valence-corrected chi connectivity index (χ3v) is 4.56. The van der Waals surface area contributed by atoms with E-state index >= 15 is 0 Å². The van der Waals surface area contributed by atoms with Gasteiger partial charge < -0.3 is 10.6 Å². The molecular weight excluding hydrogens is 294 g/mol. The average molecular weight is 315 g/mol. The van der Waals surface area contributed by atoms with Crippen molar-refractivity contribution in [1.82, 2.24) is 10.2 Å². The Labute approximate surface area is 135 Å². The molecule has 2 N–H and O–H groups in total. The fourth-order valence-corrected chi connectivity index (χ4v) is 3.36. The van der Waals surface area contributed by atoms with E-state index in [-0.39, 0.29) is 18.4 Å². The smallest absolute Gasteiger partial charge is 0.325 e. The summed E-state index contributed by atoms with van der Waals surface area (Å²) in [5.41, 5.74) is -0.144. The number of benzene rings is 1. The van der Waals surface area contributed by atoms with Gasteiger partial charge in [-0.15, -0.1) is 0 Å². The first kappa shape index (κ1) is 15.5. The van der Waals surface area contributed by atoms with Gasteiger partial charge in [0.25, 0.3) is 5.91 Å². The molecule has 6 heteroatoms. The summed E-state index contributed by atoms with van der Waals surface area (Å²) in [6, 6.07) is 8.53. The maximum atomic E-state index is 12.7. The maximum Gasteiger partial charge on any atom is 0.325 e. The van der Waals surface area contributed by atoms with Crippen molar-refractivity contribution in [3.63, 3.8) is 0 Å². The Bertz CT molecular complexity index is 607. The molecule has 0 aromatic heterocycles. The van der Waals surface area contributed by atoms with Gasteiger partial charge in [0.15, 0.2) is 0 Å². The predicted molar refractivity (Wildman–Crippen MR) is 85.7 cm³/mol. The highest BCUT2D eigenvalue weighted by Crippen LogP contribution is 2.32. The molecule has 1 aliphatic heterocycles. The Hall–Kier alpha value is -2.37. The summed E-state index contributed by atoms with van der Waals surface area (Å²) in [5.74, 6) is -0.627. The number of urea groups is 1. The van der Waals surface area contributed by atoms with Gasteiger partial charge in [-0.25, -0.2) is 4.79 Å². The fraction of sp³-hybridized carbons (Fsp3) is 0.471. The average Bonchev–Trinajstić information content (AvgIpc) is 2.72. The van der Waals surface area contributed by atoms with E-state index in [0.717, 1.165) is 30.6 Å². The summed E-state index contributed by atoms with van der Waals surface area (Å²) >= 11 is 0. The highest BCUT2D eigenvalue weighted by molar-refractivity contribution is 6.10. The van der Waals surface area contributed by atoms with E-state index in [1.165, 1.54) is 0 Å². The number of hydrogen-bond acceptors (Lipinski definition) is 3. The minimum Gasteiger partial charge on any atom is -0.325 e. The molecule has 1 aromatic rings. The zero-order valence-electron chi connectivity index (χ0n) is 13.0. The molecule has 2 fully saturated rings. The standard InChI is InChI=1S/C17H21N3O3/c21-14(18-13-8-4-3-5-9-13)12-20-15(22)17(19-16(20)23)10-6-1-2-7-11-17/h3-5,8-9H,1-2,6-7,10-12H2,(H,18,21)(H,19,23). The number of rotatable bonds is 3. The Morgan fingerprint density at radius 1 is 1.09 bits per heavy atom. The normalized spacial score (nSPS) is 20.3. The van der Waals surface area contributed by atoms with E-state index in [4.69, 9.17) is 0 Å². The van der Waals surface area contributed by atoms with E-state index in [9.17, 15) is 14.4 Å². The number of imide groups is 1. The van der Waals surface area contributed by atoms with Crippen molar-refractivity contribution in [3.8, 4) is 0 Å². The van der Waals surface area contributed by atoms with Crippen LogP contribution in [0.2, 0.25) is 0 Å². The zero-order valence-corrected chi connectivity index (χ0v) is 13.0. The quantitative estimate of drug-likeness (QED) is 0.840. The van der Waals surface area contributed by atoms with Crippen LogP contribution in [-0.2, 0) is 9.59 Å². The Balaban J connectivity index is 1.67. The molecule has 1 saturated carbocycles. The summed E-state index contributed by atoms with van der Waals surface area (Å²) in [7, 11) is 0. The number of carbonyl (C=O) groups excluding carboxylic acids is 3. The lowest BCUT2D eigenvalue weighted by molar-refractivity contribution is -0.134. The molecule has 23 heavy (non-hydrogen) atoms. The molecule has 122 valence electrons. The van der Waals surface area contributed by atoms with Crippen LogP contribution in [0, 0.1) is 0 Å². The van der Waals surface area contributed by atoms with Crippen LogP contribution in [-0.4, -0.2) is 34.8 Å². The van der Waals surface area contributed by atoms with Crippen molar-refractivity contribution in [1.29, 1.82) is 0 Å². The van der Waals surface area contributed by atoms with Crippen molar-refractivity contribution in [3.05, 3.63) is 30.3 Å². The molecule has 4 amide bonds. The molecule has 0 radical (unpaired) electrons. The molecule has 0 bridgehead atoms. The lowest BCUT2D eigenvalue weighted by Gasteiger charge is -2.24. The molecule has 3 rings (SSSR count). The molecule has 6 nitrogen and oxygen atoms in total. The topological polar surface area (TPSA) is 78.5 Å².